The summed E-state index contributed by atoms with van der Waals surface area (Å²) in [7, 11) is -1.39. The van der Waals surface area contributed by atoms with Gasteiger partial charge in [-0.3, -0.25) is 13.8 Å². The van der Waals surface area contributed by atoms with E-state index in [1.54, 1.807) is 48.5 Å². The SMILES string of the molecule is C=CCOC(=O)c1ccc(CS(=O)C2CC(=O)[N+]2(CCCCCC(=O)c2ccc(Cl)cc2)CCC(N)=O)cc1. The second-order valence-electron chi connectivity index (χ2n) is 9.60. The number of ether oxygens (including phenoxy) is 1. The Kier molecular flexibility index (Phi) is 11.2. The number of carbonyl (C=O) groups is 4. The van der Waals surface area contributed by atoms with E-state index in [9.17, 15) is 23.4 Å². The lowest BCUT2D eigenvalue weighted by molar-refractivity contribution is -0.891. The Morgan fingerprint density at radius 2 is 1.67 bits per heavy atom. The minimum atomic E-state index is -1.39. The third kappa shape index (κ3) is 8.17. The highest BCUT2D eigenvalue weighted by Crippen LogP contribution is 2.35. The van der Waals surface area contributed by atoms with E-state index in [1.165, 1.54) is 6.08 Å². The molecule has 2 aromatic rings. The van der Waals surface area contributed by atoms with Crippen LogP contribution in [0.3, 0.4) is 0 Å². The Labute approximate surface area is 236 Å². The summed E-state index contributed by atoms with van der Waals surface area (Å²) in [6.45, 7) is 4.27. The molecule has 1 aliphatic heterocycles. The topological polar surface area (TPSA) is 121 Å². The highest BCUT2D eigenvalue weighted by molar-refractivity contribution is 7.84. The quantitative estimate of drug-likeness (QED) is 0.0797. The number of esters is 1. The number of benzene rings is 2. The van der Waals surface area contributed by atoms with Crippen molar-refractivity contribution in [1.82, 2.24) is 0 Å². The van der Waals surface area contributed by atoms with Gasteiger partial charge in [-0.1, -0.05) is 36.4 Å². The van der Waals surface area contributed by atoms with Gasteiger partial charge < -0.3 is 10.5 Å². The van der Waals surface area contributed by atoms with Crippen LogP contribution >= 0.6 is 11.6 Å². The second-order valence-corrected chi connectivity index (χ2v) is 11.6. The largest absolute Gasteiger partial charge is 0.458 e. The molecule has 208 valence electrons. The minimum absolute atomic E-state index is 0.0238. The van der Waals surface area contributed by atoms with Crippen LogP contribution in [0.4, 0.5) is 0 Å². The normalized spacial score (nSPS) is 19.1. The molecule has 3 unspecified atom stereocenters. The fourth-order valence-electron chi connectivity index (χ4n) is 4.68. The lowest BCUT2D eigenvalue weighted by Crippen LogP contribution is -2.71. The molecule has 2 aromatic carbocycles. The fraction of sp³-hybridized carbons (Fsp3) is 0.379. The molecule has 1 heterocycles. The molecular weight excluding hydrogens is 540 g/mol. The van der Waals surface area contributed by atoms with Crippen molar-refractivity contribution in [3.05, 3.63) is 82.9 Å². The van der Waals surface area contributed by atoms with Gasteiger partial charge in [0.15, 0.2) is 11.2 Å². The molecule has 0 aromatic heterocycles. The summed E-state index contributed by atoms with van der Waals surface area (Å²) in [5.41, 5.74) is 7.14. The number of rotatable bonds is 16. The van der Waals surface area contributed by atoms with E-state index in [0.717, 1.165) is 5.56 Å². The average Bonchev–Trinajstić information content (AvgIpc) is 2.92. The first-order valence-corrected chi connectivity index (χ1v) is 14.6. The number of hydrogen-bond acceptors (Lipinski definition) is 6. The number of quaternary nitrogens is 1. The van der Waals surface area contributed by atoms with Gasteiger partial charge in [-0.15, -0.1) is 0 Å². The van der Waals surface area contributed by atoms with Gasteiger partial charge in [0.25, 0.3) is 0 Å². The molecule has 8 nitrogen and oxygen atoms in total. The van der Waals surface area contributed by atoms with Gasteiger partial charge in [-0.05, 0) is 61.2 Å². The van der Waals surface area contributed by atoms with Gasteiger partial charge in [0, 0.05) is 17.0 Å². The number of nitrogens with two attached hydrogens (primary N) is 1. The van der Waals surface area contributed by atoms with E-state index in [4.69, 9.17) is 22.1 Å². The van der Waals surface area contributed by atoms with Crippen molar-refractivity contribution in [2.45, 2.75) is 49.7 Å². The molecule has 0 saturated carbocycles. The summed E-state index contributed by atoms with van der Waals surface area (Å²) in [5, 5.41) is 0.133. The monoisotopic (exact) mass is 573 g/mol. The third-order valence-corrected chi connectivity index (χ3v) is 8.96. The van der Waals surface area contributed by atoms with Gasteiger partial charge in [-0.25, -0.2) is 14.1 Å². The molecule has 3 rings (SSSR count). The summed E-state index contributed by atoms with van der Waals surface area (Å²) in [5.74, 6) is -0.782. The first kappa shape index (κ1) is 30.4. The number of carbonyl (C=O) groups excluding carboxylic acids is 4. The zero-order valence-electron chi connectivity index (χ0n) is 21.8. The zero-order chi connectivity index (χ0) is 28.4. The standard InChI is InChI=1S/C29H33ClN2O6S/c1-2-18-38-29(36)23-9-7-21(8-10-23)20-39(37)28-19-27(35)32(28,17-15-26(31)34)16-5-3-4-6-25(33)22-11-13-24(30)14-12-22/h2,7-14,28H,1,3-6,15-20H2,(H-,31,34)/p+1. The molecule has 0 bridgehead atoms. The predicted octanol–water partition coefficient (Wildman–Crippen LogP) is 4.32. The number of primary amides is 1. The number of ketones is 1. The third-order valence-electron chi connectivity index (χ3n) is 6.92. The van der Waals surface area contributed by atoms with Crippen LogP contribution in [0, 0.1) is 0 Å². The molecule has 0 radical (unpaired) electrons. The van der Waals surface area contributed by atoms with Crippen LogP contribution in [-0.4, -0.2) is 57.3 Å². The number of Topliss-reactive ketones (excluding diaryl/α,β-unsaturated/α-hetero) is 1. The van der Waals surface area contributed by atoms with Crippen LogP contribution in [0.1, 0.15) is 64.8 Å². The molecule has 39 heavy (non-hydrogen) atoms. The number of likely N-dealkylation sites (tertiary alicyclic amines) is 1. The Bertz CT molecular complexity index is 1230. The number of unbranched alkanes of at least 4 members (excludes halogenated alkanes) is 2. The van der Waals surface area contributed by atoms with Crippen LogP contribution in [0.25, 0.3) is 0 Å². The first-order chi connectivity index (χ1) is 18.7. The summed E-state index contributed by atoms with van der Waals surface area (Å²) < 4.78 is 18.4. The van der Waals surface area contributed by atoms with E-state index in [1.807, 2.05) is 0 Å². The molecule has 1 aliphatic rings. The van der Waals surface area contributed by atoms with Gasteiger partial charge in [0.1, 0.15) is 13.0 Å². The number of hydrogen-bond donors (Lipinski definition) is 1. The molecule has 2 N–H and O–H groups in total. The van der Waals surface area contributed by atoms with Crippen LogP contribution in [0.5, 0.6) is 0 Å². The van der Waals surface area contributed by atoms with Crippen molar-refractivity contribution in [3.63, 3.8) is 0 Å². The van der Waals surface area contributed by atoms with Crippen molar-refractivity contribution in [2.24, 2.45) is 5.73 Å². The molecule has 1 saturated heterocycles. The van der Waals surface area contributed by atoms with Crippen LogP contribution in [0.15, 0.2) is 61.2 Å². The maximum absolute atomic E-state index is 13.4. The van der Waals surface area contributed by atoms with Gasteiger partial charge >= 0.3 is 11.9 Å². The Morgan fingerprint density at radius 1 is 1.00 bits per heavy atom. The number of nitrogens with zero attached hydrogens (tertiary/aromatic N) is 1. The Morgan fingerprint density at radius 3 is 2.28 bits per heavy atom. The van der Waals surface area contributed by atoms with Crippen molar-refractivity contribution >= 4 is 46.0 Å². The van der Waals surface area contributed by atoms with E-state index in [0.29, 0.717) is 48.4 Å². The summed E-state index contributed by atoms with van der Waals surface area (Å²) in [6.07, 6.45) is 4.07. The molecule has 1 fully saturated rings. The average molecular weight is 574 g/mol. The van der Waals surface area contributed by atoms with Crippen molar-refractivity contribution in [2.75, 3.05) is 19.7 Å². The molecule has 0 spiro atoms. The van der Waals surface area contributed by atoms with E-state index >= 15 is 0 Å². The van der Waals surface area contributed by atoms with E-state index in [-0.39, 0.29) is 47.9 Å². The van der Waals surface area contributed by atoms with Gasteiger partial charge in [0.05, 0.1) is 41.6 Å². The second kappa shape index (κ2) is 14.3. The maximum atomic E-state index is 13.4. The summed E-state index contributed by atoms with van der Waals surface area (Å²) in [4.78, 5) is 48.8. The molecule has 2 amide bonds. The number of β-lactam (4-membered cyclic amide) rings is 1. The molecule has 0 aliphatic carbocycles. The van der Waals surface area contributed by atoms with Crippen molar-refractivity contribution in [1.29, 1.82) is 0 Å². The number of amides is 2. The summed E-state index contributed by atoms with van der Waals surface area (Å²) >= 11 is 5.88. The lowest BCUT2D eigenvalue weighted by Gasteiger charge is -2.48. The van der Waals surface area contributed by atoms with Crippen LogP contribution in [0.2, 0.25) is 5.02 Å². The number of halogens is 1. The maximum Gasteiger partial charge on any atom is 0.338 e. The molecule has 10 heteroatoms. The molecule has 3 atom stereocenters. The smallest absolute Gasteiger partial charge is 0.338 e. The van der Waals surface area contributed by atoms with Crippen LogP contribution in [-0.2, 0) is 30.9 Å². The molecular formula is C29H34ClN2O6S+. The van der Waals surface area contributed by atoms with Crippen molar-refractivity contribution < 1.29 is 32.6 Å². The van der Waals surface area contributed by atoms with Gasteiger partial charge in [0.2, 0.25) is 5.91 Å². The Balaban J connectivity index is 1.58. The Hall–Kier alpha value is -3.14. The highest BCUT2D eigenvalue weighted by Gasteiger charge is 2.57. The van der Waals surface area contributed by atoms with E-state index < -0.39 is 28.0 Å². The highest BCUT2D eigenvalue weighted by atomic mass is 35.5. The van der Waals surface area contributed by atoms with Crippen molar-refractivity contribution in [3.8, 4) is 0 Å². The zero-order valence-corrected chi connectivity index (χ0v) is 23.4. The summed E-state index contributed by atoms with van der Waals surface area (Å²) in [6, 6.07) is 13.4. The fourth-order valence-corrected chi connectivity index (χ4v) is 6.63. The first-order valence-electron chi connectivity index (χ1n) is 12.9. The lowest BCUT2D eigenvalue weighted by atomic mass is 10.0. The van der Waals surface area contributed by atoms with Gasteiger partial charge in [-0.2, -0.15) is 0 Å². The van der Waals surface area contributed by atoms with E-state index in [2.05, 4.69) is 6.58 Å². The predicted molar refractivity (Wildman–Crippen MR) is 150 cm³/mol. The minimum Gasteiger partial charge on any atom is -0.458 e. The van der Waals surface area contributed by atoms with Crippen LogP contribution < -0.4 is 5.73 Å².